The summed E-state index contributed by atoms with van der Waals surface area (Å²) in [5.41, 5.74) is 4.45. The molecule has 4 aliphatic rings. The van der Waals surface area contributed by atoms with Gasteiger partial charge in [0.25, 0.3) is 5.91 Å². The van der Waals surface area contributed by atoms with Crippen molar-refractivity contribution in [3.05, 3.63) is 58.8 Å². The molecule has 2 amide bonds. The number of carbonyl (C=O) groups excluding carboxylic acids is 2. The minimum atomic E-state index is -0.220. The highest BCUT2D eigenvalue weighted by Gasteiger charge is 2.36. The van der Waals surface area contributed by atoms with E-state index >= 15 is 0 Å². The fourth-order valence-electron chi connectivity index (χ4n) is 5.69. The van der Waals surface area contributed by atoms with E-state index in [0.717, 1.165) is 30.4 Å². The molecule has 2 aliphatic heterocycles. The van der Waals surface area contributed by atoms with Crippen molar-refractivity contribution in [1.82, 2.24) is 15.2 Å². The van der Waals surface area contributed by atoms with Crippen molar-refractivity contribution in [3.8, 4) is 0 Å². The standard InChI is InChI=1S/C28H34N4O3/c1-35-17-23-16-30-27(33)25(23)20-6-8-21(9-7-20)28(34)32-12-10-31(11-13-32)26-24(19-4-5-19)14-22(15-29-26)18-2-3-18/h6-9,14-15,18-19,23,25H,2-5,10-13,16-17H2,1H3,(H,30,33)/t23?,25-/m0/s1. The van der Waals surface area contributed by atoms with Crippen LogP contribution in [-0.2, 0) is 9.53 Å². The van der Waals surface area contributed by atoms with Gasteiger partial charge in [0.15, 0.2) is 0 Å². The van der Waals surface area contributed by atoms with Crippen molar-refractivity contribution in [3.63, 3.8) is 0 Å². The second-order valence-electron chi connectivity index (χ2n) is 10.6. The van der Waals surface area contributed by atoms with Crippen LogP contribution in [0.25, 0.3) is 0 Å². The zero-order valence-corrected chi connectivity index (χ0v) is 20.4. The lowest BCUT2D eigenvalue weighted by molar-refractivity contribution is -0.120. The number of aromatic nitrogens is 1. The zero-order chi connectivity index (χ0) is 23.9. The summed E-state index contributed by atoms with van der Waals surface area (Å²) >= 11 is 0. The normalized spacial score (nSPS) is 24.5. The molecule has 1 aromatic heterocycles. The summed E-state index contributed by atoms with van der Waals surface area (Å²) in [5.74, 6) is 2.51. The molecule has 2 saturated heterocycles. The van der Waals surface area contributed by atoms with Crippen LogP contribution in [0.15, 0.2) is 36.5 Å². The number of rotatable bonds is 7. The molecule has 0 bridgehead atoms. The summed E-state index contributed by atoms with van der Waals surface area (Å²) < 4.78 is 5.29. The van der Waals surface area contributed by atoms with E-state index in [9.17, 15) is 9.59 Å². The number of amides is 2. The molecule has 184 valence electrons. The van der Waals surface area contributed by atoms with Crippen molar-refractivity contribution < 1.29 is 14.3 Å². The number of nitrogens with one attached hydrogen (secondary N) is 1. The van der Waals surface area contributed by atoms with Gasteiger partial charge in [-0.15, -0.1) is 0 Å². The SMILES string of the molecule is COCC1CNC(=O)[C@H]1c1ccc(C(=O)N2CCN(c3ncc(C4CC4)cc3C3CC3)CC2)cc1. The van der Waals surface area contributed by atoms with E-state index in [4.69, 9.17) is 9.72 Å². The Morgan fingerprint density at radius 2 is 1.74 bits per heavy atom. The van der Waals surface area contributed by atoms with E-state index in [1.807, 2.05) is 29.2 Å². The molecule has 7 heteroatoms. The summed E-state index contributed by atoms with van der Waals surface area (Å²) in [6, 6.07) is 9.99. The van der Waals surface area contributed by atoms with Gasteiger partial charge in [-0.05, 0) is 66.3 Å². The van der Waals surface area contributed by atoms with E-state index in [1.54, 1.807) is 7.11 Å². The van der Waals surface area contributed by atoms with Crippen LogP contribution < -0.4 is 10.2 Å². The first-order valence-electron chi connectivity index (χ1n) is 13.0. The average Bonchev–Trinajstić information content (AvgIpc) is 3.82. The van der Waals surface area contributed by atoms with E-state index in [-0.39, 0.29) is 23.7 Å². The number of piperazine rings is 1. The van der Waals surface area contributed by atoms with Crippen LogP contribution in [0.3, 0.4) is 0 Å². The second-order valence-corrected chi connectivity index (χ2v) is 10.6. The molecule has 3 heterocycles. The van der Waals surface area contributed by atoms with Crippen LogP contribution in [0, 0.1) is 5.92 Å². The first-order valence-corrected chi connectivity index (χ1v) is 13.0. The number of nitrogens with zero attached hydrogens (tertiary/aromatic N) is 3. The molecular formula is C28H34N4O3. The van der Waals surface area contributed by atoms with Gasteiger partial charge in [-0.2, -0.15) is 0 Å². The maximum absolute atomic E-state index is 13.2. The summed E-state index contributed by atoms with van der Waals surface area (Å²) in [6.07, 6.45) is 7.22. The van der Waals surface area contributed by atoms with Gasteiger partial charge in [0.05, 0.1) is 12.5 Å². The van der Waals surface area contributed by atoms with Gasteiger partial charge in [0, 0.05) is 57.5 Å². The number of carbonyl (C=O) groups is 2. The monoisotopic (exact) mass is 474 g/mol. The number of anilines is 1. The van der Waals surface area contributed by atoms with Gasteiger partial charge in [-0.25, -0.2) is 4.98 Å². The van der Waals surface area contributed by atoms with Crippen LogP contribution in [-0.4, -0.2) is 68.1 Å². The summed E-state index contributed by atoms with van der Waals surface area (Å²) in [4.78, 5) is 34.8. The molecule has 0 spiro atoms. The third-order valence-corrected chi connectivity index (χ3v) is 8.04. The molecule has 2 aromatic rings. The van der Waals surface area contributed by atoms with Gasteiger partial charge >= 0.3 is 0 Å². The molecule has 7 nitrogen and oxygen atoms in total. The number of benzene rings is 1. The molecule has 2 atom stereocenters. The molecule has 35 heavy (non-hydrogen) atoms. The Bertz CT molecular complexity index is 1100. The van der Waals surface area contributed by atoms with Gasteiger partial charge in [-0.1, -0.05) is 18.2 Å². The Labute approximate surface area is 206 Å². The second kappa shape index (κ2) is 9.26. The lowest BCUT2D eigenvalue weighted by Gasteiger charge is -2.36. The van der Waals surface area contributed by atoms with E-state index < -0.39 is 0 Å². The molecular weight excluding hydrogens is 440 g/mol. The molecule has 1 unspecified atom stereocenters. The van der Waals surface area contributed by atoms with Crippen molar-refractivity contribution in [1.29, 1.82) is 0 Å². The highest BCUT2D eigenvalue weighted by molar-refractivity contribution is 5.94. The maximum Gasteiger partial charge on any atom is 0.253 e. The first kappa shape index (κ1) is 22.5. The minimum Gasteiger partial charge on any atom is -0.384 e. The van der Waals surface area contributed by atoms with Gasteiger partial charge in [0.2, 0.25) is 5.91 Å². The van der Waals surface area contributed by atoms with E-state index in [0.29, 0.717) is 37.7 Å². The number of pyridine rings is 1. The zero-order valence-electron chi connectivity index (χ0n) is 20.4. The highest BCUT2D eigenvalue weighted by atomic mass is 16.5. The Morgan fingerprint density at radius 3 is 2.40 bits per heavy atom. The lowest BCUT2D eigenvalue weighted by Crippen LogP contribution is -2.49. The Balaban J connectivity index is 1.10. The third kappa shape index (κ3) is 4.54. The van der Waals surface area contributed by atoms with Crippen molar-refractivity contribution in [2.24, 2.45) is 5.92 Å². The fraction of sp³-hybridized carbons (Fsp3) is 0.536. The molecule has 0 radical (unpaired) electrons. The maximum atomic E-state index is 13.2. The number of hydrogen-bond acceptors (Lipinski definition) is 5. The van der Waals surface area contributed by atoms with Crippen LogP contribution in [0.1, 0.15) is 70.5 Å². The van der Waals surface area contributed by atoms with Gasteiger partial charge in [-0.3, -0.25) is 9.59 Å². The number of hydrogen-bond donors (Lipinski definition) is 1. The van der Waals surface area contributed by atoms with Crippen molar-refractivity contribution in [2.45, 2.75) is 43.4 Å². The Kier molecular flexibility index (Phi) is 5.96. The largest absolute Gasteiger partial charge is 0.384 e. The molecule has 4 fully saturated rings. The minimum absolute atomic E-state index is 0.0339. The topological polar surface area (TPSA) is 74.8 Å². The molecule has 2 saturated carbocycles. The van der Waals surface area contributed by atoms with Crippen LogP contribution >= 0.6 is 0 Å². The van der Waals surface area contributed by atoms with E-state index in [2.05, 4.69) is 22.5 Å². The lowest BCUT2D eigenvalue weighted by atomic mass is 9.88. The third-order valence-electron chi connectivity index (χ3n) is 8.04. The van der Waals surface area contributed by atoms with Crippen molar-refractivity contribution in [2.75, 3.05) is 51.3 Å². The summed E-state index contributed by atoms with van der Waals surface area (Å²) in [6.45, 7) is 4.16. The molecule has 6 rings (SSSR count). The van der Waals surface area contributed by atoms with Crippen LogP contribution in [0.5, 0.6) is 0 Å². The van der Waals surface area contributed by atoms with E-state index in [1.165, 1.54) is 36.8 Å². The molecule has 1 aromatic carbocycles. The van der Waals surface area contributed by atoms with Gasteiger partial charge < -0.3 is 19.9 Å². The quantitative estimate of drug-likeness (QED) is 0.667. The number of ether oxygens (including phenoxy) is 1. The number of methoxy groups -OCH3 is 1. The first-order chi connectivity index (χ1) is 17.1. The predicted molar refractivity (Wildman–Crippen MR) is 134 cm³/mol. The highest BCUT2D eigenvalue weighted by Crippen LogP contribution is 2.47. The van der Waals surface area contributed by atoms with Crippen LogP contribution in [0.4, 0.5) is 5.82 Å². The Hall–Kier alpha value is -2.93. The van der Waals surface area contributed by atoms with Gasteiger partial charge in [0.1, 0.15) is 5.82 Å². The smallest absolute Gasteiger partial charge is 0.253 e. The summed E-state index contributed by atoms with van der Waals surface area (Å²) in [7, 11) is 1.66. The van der Waals surface area contributed by atoms with Crippen LogP contribution in [0.2, 0.25) is 0 Å². The fourth-order valence-corrected chi connectivity index (χ4v) is 5.69. The molecule has 1 N–H and O–H groups in total. The Morgan fingerprint density at radius 1 is 1.03 bits per heavy atom. The predicted octanol–water partition coefficient (Wildman–Crippen LogP) is 3.27. The average molecular weight is 475 g/mol. The summed E-state index contributed by atoms with van der Waals surface area (Å²) in [5, 5.41) is 2.93. The van der Waals surface area contributed by atoms with Crippen molar-refractivity contribution >= 4 is 17.6 Å². The molecule has 2 aliphatic carbocycles.